The lowest BCUT2D eigenvalue weighted by Gasteiger charge is -2.32. The minimum atomic E-state index is -4.41. The fraction of sp³-hybridized carbons (Fsp3) is 0.300. The van der Waals surface area contributed by atoms with Crippen LogP contribution in [0.25, 0.3) is 11.5 Å². The Hall–Kier alpha value is -3.43. The van der Waals surface area contributed by atoms with Gasteiger partial charge in [-0.05, 0) is 43.2 Å². The Morgan fingerprint density at radius 2 is 1.97 bits per heavy atom. The summed E-state index contributed by atoms with van der Waals surface area (Å²) in [5.74, 6) is 0.554. The van der Waals surface area contributed by atoms with Crippen molar-refractivity contribution in [1.82, 2.24) is 15.2 Å². The molecule has 0 aliphatic carbocycles. The number of benzene rings is 1. The molecule has 3 heterocycles. The Labute approximate surface area is 169 Å². The number of carbonyl (C=O) groups excluding carboxylic acids is 1. The highest BCUT2D eigenvalue weighted by molar-refractivity contribution is 5.93. The van der Waals surface area contributed by atoms with Crippen LogP contribution in [0, 0.1) is 5.92 Å². The second kappa shape index (κ2) is 8.13. The van der Waals surface area contributed by atoms with Crippen LogP contribution in [-0.2, 0) is 11.0 Å². The van der Waals surface area contributed by atoms with E-state index >= 15 is 0 Å². The minimum Gasteiger partial charge on any atom is -0.423 e. The number of carbonyl (C=O) groups is 1. The quantitative estimate of drug-likeness (QED) is 0.691. The maximum absolute atomic E-state index is 12.7. The van der Waals surface area contributed by atoms with Gasteiger partial charge in [-0.2, -0.15) is 13.2 Å². The summed E-state index contributed by atoms with van der Waals surface area (Å²) in [7, 11) is 0. The van der Waals surface area contributed by atoms with Gasteiger partial charge < -0.3 is 14.6 Å². The number of piperidine rings is 1. The van der Waals surface area contributed by atoms with E-state index in [9.17, 15) is 18.0 Å². The fourth-order valence-electron chi connectivity index (χ4n) is 3.38. The number of nitrogens with one attached hydrogen (secondary N) is 1. The van der Waals surface area contributed by atoms with Crippen molar-refractivity contribution in [2.45, 2.75) is 19.0 Å². The number of anilines is 2. The van der Waals surface area contributed by atoms with Crippen LogP contribution in [0.1, 0.15) is 18.4 Å². The molecule has 156 valence electrons. The van der Waals surface area contributed by atoms with Crippen molar-refractivity contribution in [1.29, 1.82) is 0 Å². The van der Waals surface area contributed by atoms with Crippen LogP contribution in [0.2, 0.25) is 0 Å². The van der Waals surface area contributed by atoms with Gasteiger partial charge in [0.2, 0.25) is 18.2 Å². The summed E-state index contributed by atoms with van der Waals surface area (Å²) in [6.45, 7) is 1.08. The van der Waals surface area contributed by atoms with Crippen LogP contribution in [0.4, 0.5) is 24.7 Å². The predicted octanol–water partition coefficient (Wildman–Crippen LogP) is 4.01. The molecule has 1 fully saturated rings. The molecule has 0 spiro atoms. The molecule has 3 aromatic rings. The molecule has 4 rings (SSSR count). The van der Waals surface area contributed by atoms with Gasteiger partial charge in [-0.3, -0.25) is 4.79 Å². The van der Waals surface area contributed by atoms with Gasteiger partial charge in [0.1, 0.15) is 5.82 Å². The first-order chi connectivity index (χ1) is 14.4. The Bertz CT molecular complexity index is 998. The second-order valence-corrected chi connectivity index (χ2v) is 6.98. The van der Waals surface area contributed by atoms with Crippen molar-refractivity contribution in [2.75, 3.05) is 23.3 Å². The number of nitrogens with zero attached hydrogens (tertiary/aromatic N) is 4. The van der Waals surface area contributed by atoms with E-state index in [0.717, 1.165) is 12.3 Å². The highest BCUT2D eigenvalue weighted by Gasteiger charge is 2.31. The van der Waals surface area contributed by atoms with E-state index in [1.165, 1.54) is 12.5 Å². The van der Waals surface area contributed by atoms with E-state index in [1.54, 1.807) is 24.3 Å². The minimum absolute atomic E-state index is 0.0993. The molecule has 1 aliphatic heterocycles. The number of hydrogen-bond acceptors (Lipinski definition) is 6. The SMILES string of the molecule is O=C(Nc1cccc(-c2nnco2)c1)C1CCN(c2ccc(C(F)(F)F)cn2)CC1. The Balaban J connectivity index is 1.34. The lowest BCUT2D eigenvalue weighted by Crippen LogP contribution is -2.38. The van der Waals surface area contributed by atoms with Crippen molar-refractivity contribution in [3.63, 3.8) is 0 Å². The van der Waals surface area contributed by atoms with Crippen LogP contribution in [-0.4, -0.2) is 34.2 Å². The van der Waals surface area contributed by atoms with Gasteiger partial charge >= 0.3 is 6.18 Å². The van der Waals surface area contributed by atoms with Crippen LogP contribution in [0.15, 0.2) is 53.4 Å². The lowest BCUT2D eigenvalue weighted by atomic mass is 9.95. The number of aromatic nitrogens is 3. The van der Waals surface area contributed by atoms with E-state index in [0.29, 0.717) is 48.9 Å². The number of halogens is 3. The number of amides is 1. The molecule has 1 amide bonds. The van der Waals surface area contributed by atoms with Gasteiger partial charge in [-0.1, -0.05) is 6.07 Å². The normalized spacial score (nSPS) is 15.2. The van der Waals surface area contributed by atoms with E-state index in [2.05, 4.69) is 20.5 Å². The highest BCUT2D eigenvalue weighted by atomic mass is 19.4. The summed E-state index contributed by atoms with van der Waals surface area (Å²) in [4.78, 5) is 18.5. The molecule has 7 nitrogen and oxygen atoms in total. The predicted molar refractivity (Wildman–Crippen MR) is 103 cm³/mol. The van der Waals surface area contributed by atoms with E-state index in [4.69, 9.17) is 4.42 Å². The molecule has 0 unspecified atom stereocenters. The van der Waals surface area contributed by atoms with Gasteiger partial charge in [0.15, 0.2) is 0 Å². The van der Waals surface area contributed by atoms with Crippen LogP contribution in [0.5, 0.6) is 0 Å². The zero-order valence-electron chi connectivity index (χ0n) is 15.8. The first-order valence-electron chi connectivity index (χ1n) is 9.36. The van der Waals surface area contributed by atoms with Gasteiger partial charge in [-0.15, -0.1) is 10.2 Å². The number of pyridine rings is 1. The molecule has 30 heavy (non-hydrogen) atoms. The monoisotopic (exact) mass is 417 g/mol. The zero-order chi connectivity index (χ0) is 21.1. The maximum Gasteiger partial charge on any atom is 0.417 e. The summed E-state index contributed by atoms with van der Waals surface area (Å²) in [6.07, 6.45) is -1.17. The van der Waals surface area contributed by atoms with Crippen molar-refractivity contribution >= 4 is 17.4 Å². The largest absolute Gasteiger partial charge is 0.423 e. The third kappa shape index (κ3) is 4.42. The van der Waals surface area contributed by atoms with Crippen molar-refractivity contribution in [3.8, 4) is 11.5 Å². The van der Waals surface area contributed by atoms with Crippen LogP contribution < -0.4 is 10.2 Å². The van der Waals surface area contributed by atoms with E-state index in [-0.39, 0.29) is 11.8 Å². The third-order valence-corrected chi connectivity index (χ3v) is 5.00. The smallest absolute Gasteiger partial charge is 0.417 e. The van der Waals surface area contributed by atoms with Gasteiger partial charge in [0, 0.05) is 36.5 Å². The Morgan fingerprint density at radius 3 is 2.60 bits per heavy atom. The molecule has 1 N–H and O–H groups in total. The molecule has 2 aromatic heterocycles. The average molecular weight is 417 g/mol. The zero-order valence-corrected chi connectivity index (χ0v) is 15.8. The molecule has 1 aromatic carbocycles. The fourth-order valence-corrected chi connectivity index (χ4v) is 3.38. The average Bonchev–Trinajstić information content (AvgIpc) is 3.29. The second-order valence-electron chi connectivity index (χ2n) is 6.98. The first-order valence-corrected chi connectivity index (χ1v) is 9.36. The maximum atomic E-state index is 12.7. The number of alkyl halides is 3. The van der Waals surface area contributed by atoms with Gasteiger partial charge in [0.05, 0.1) is 5.56 Å². The molecular weight excluding hydrogens is 399 g/mol. The number of rotatable bonds is 4. The molecule has 0 atom stereocenters. The van der Waals surface area contributed by atoms with Gasteiger partial charge in [-0.25, -0.2) is 4.98 Å². The van der Waals surface area contributed by atoms with Crippen molar-refractivity contribution < 1.29 is 22.4 Å². The summed E-state index contributed by atoms with van der Waals surface area (Å²) < 4.78 is 43.2. The third-order valence-electron chi connectivity index (χ3n) is 5.00. The Morgan fingerprint density at radius 1 is 1.17 bits per heavy atom. The summed E-state index contributed by atoms with van der Waals surface area (Å²) in [5, 5.41) is 10.4. The molecule has 10 heteroatoms. The molecule has 0 bridgehead atoms. The van der Waals surface area contributed by atoms with E-state index in [1.807, 2.05) is 4.90 Å². The lowest BCUT2D eigenvalue weighted by molar-refractivity contribution is -0.137. The van der Waals surface area contributed by atoms with E-state index < -0.39 is 11.7 Å². The summed E-state index contributed by atoms with van der Waals surface area (Å²) in [6, 6.07) is 9.52. The molecule has 0 saturated carbocycles. The summed E-state index contributed by atoms with van der Waals surface area (Å²) in [5.41, 5.74) is 0.555. The number of hydrogen-bond donors (Lipinski definition) is 1. The standard InChI is InChI=1S/C20H18F3N5O2/c21-20(22,23)15-4-5-17(24-11-15)28-8-6-13(7-9-28)18(29)26-16-3-1-2-14(10-16)19-27-25-12-30-19/h1-5,10-13H,6-9H2,(H,26,29). The van der Waals surface area contributed by atoms with Crippen LogP contribution >= 0.6 is 0 Å². The Kier molecular flexibility index (Phi) is 5.39. The van der Waals surface area contributed by atoms with Crippen molar-refractivity contribution in [2.24, 2.45) is 5.92 Å². The van der Waals surface area contributed by atoms with Crippen LogP contribution in [0.3, 0.4) is 0 Å². The van der Waals surface area contributed by atoms with Crippen molar-refractivity contribution in [3.05, 3.63) is 54.6 Å². The molecule has 1 saturated heterocycles. The summed E-state index contributed by atoms with van der Waals surface area (Å²) >= 11 is 0. The molecule has 1 aliphatic rings. The molecule has 0 radical (unpaired) electrons. The topological polar surface area (TPSA) is 84.2 Å². The molecular formula is C20H18F3N5O2. The highest BCUT2D eigenvalue weighted by Crippen LogP contribution is 2.30. The van der Waals surface area contributed by atoms with Gasteiger partial charge in [0.25, 0.3) is 0 Å². The first kappa shape index (κ1) is 19.9.